The van der Waals surface area contributed by atoms with Gasteiger partial charge in [-0.05, 0) is 0 Å². The van der Waals surface area contributed by atoms with E-state index in [-0.39, 0.29) is 0 Å². The summed E-state index contributed by atoms with van der Waals surface area (Å²) in [4.78, 5) is 0. The fourth-order valence-corrected chi connectivity index (χ4v) is 4.24. The molecule has 0 aliphatic heterocycles. The Labute approximate surface area is 181 Å². The number of hydrogen-bond donors (Lipinski definition) is 0. The summed E-state index contributed by atoms with van der Waals surface area (Å²) in [6.45, 7) is 7.83. The van der Waals surface area contributed by atoms with Gasteiger partial charge in [-0.2, -0.15) is 0 Å². The Hall–Kier alpha value is 0. The van der Waals surface area contributed by atoms with Crippen LogP contribution >= 0.6 is 0 Å². The highest BCUT2D eigenvalue weighted by Gasteiger charge is 1.96. The fourth-order valence-electron chi connectivity index (χ4n) is 4.24. The van der Waals surface area contributed by atoms with Crippen LogP contribution in [-0.4, -0.2) is 0 Å². The molecule has 0 saturated heterocycles. The van der Waals surface area contributed by atoms with E-state index < -0.39 is 0 Å². The first kappa shape index (κ1) is 28.0. The summed E-state index contributed by atoms with van der Waals surface area (Å²) in [5.74, 6) is 0. The Morgan fingerprint density at radius 3 is 0.393 bits per heavy atom. The summed E-state index contributed by atoms with van der Waals surface area (Å²) in [7, 11) is 0. The summed E-state index contributed by atoms with van der Waals surface area (Å²) in [6.07, 6.45) is 37.2. The Morgan fingerprint density at radius 1 is 0.179 bits per heavy atom. The van der Waals surface area contributed by atoms with Gasteiger partial charge in [0.2, 0.25) is 0 Å². The van der Waals surface area contributed by atoms with Gasteiger partial charge in [-0.3, -0.25) is 0 Å². The molecule has 0 N–H and O–H groups in total. The Balaban J connectivity index is 2.96. The second kappa shape index (κ2) is 27.0. The minimum Gasteiger partial charge on any atom is -0.0533 e. The van der Waals surface area contributed by atoms with Gasteiger partial charge in [0.05, 0.1) is 0 Å². The fraction of sp³-hybridized carbons (Fsp3) is 0.929. The van der Waals surface area contributed by atoms with Crippen molar-refractivity contribution >= 4 is 0 Å². The highest BCUT2D eigenvalue weighted by molar-refractivity contribution is 4.52. The van der Waals surface area contributed by atoms with Gasteiger partial charge in [0.25, 0.3) is 0 Å². The molecule has 0 rings (SSSR count). The van der Waals surface area contributed by atoms with Gasteiger partial charge >= 0.3 is 0 Å². The highest BCUT2D eigenvalue weighted by atomic mass is 14.0. The van der Waals surface area contributed by atoms with E-state index in [0.29, 0.717) is 0 Å². The van der Waals surface area contributed by atoms with Crippen LogP contribution in [-0.2, 0) is 0 Å². The Bertz CT molecular complexity index is 218. The van der Waals surface area contributed by atoms with Crippen LogP contribution in [0.5, 0.6) is 0 Å². The second-order valence-corrected chi connectivity index (χ2v) is 9.19. The van der Waals surface area contributed by atoms with Gasteiger partial charge in [-0.1, -0.05) is 181 Å². The SMILES string of the molecule is [CH2]CCCCCCCCCCCCCCCCCCCCCCCCCC[CH2]. The summed E-state index contributed by atoms with van der Waals surface area (Å²) < 4.78 is 0. The van der Waals surface area contributed by atoms with Crippen molar-refractivity contribution in [3.05, 3.63) is 13.8 Å². The van der Waals surface area contributed by atoms with Gasteiger partial charge in [-0.15, -0.1) is 0 Å². The molecule has 0 heteroatoms. The Kier molecular flexibility index (Phi) is 27.0. The second-order valence-electron chi connectivity index (χ2n) is 9.19. The van der Waals surface area contributed by atoms with Gasteiger partial charge in [0, 0.05) is 0 Å². The molecule has 0 spiro atoms. The van der Waals surface area contributed by atoms with E-state index in [1.54, 1.807) is 0 Å². The van der Waals surface area contributed by atoms with Crippen molar-refractivity contribution in [3.63, 3.8) is 0 Å². The van der Waals surface area contributed by atoms with E-state index in [0.717, 1.165) is 12.8 Å². The Morgan fingerprint density at radius 2 is 0.286 bits per heavy atom. The van der Waals surface area contributed by atoms with E-state index in [4.69, 9.17) is 0 Å². The molecule has 0 heterocycles. The van der Waals surface area contributed by atoms with Crippen molar-refractivity contribution in [1.29, 1.82) is 0 Å². The van der Waals surface area contributed by atoms with Crippen molar-refractivity contribution in [2.75, 3.05) is 0 Å². The molecule has 0 aromatic rings. The lowest BCUT2D eigenvalue weighted by molar-refractivity contribution is 0.516. The molecule has 0 bridgehead atoms. The first-order chi connectivity index (χ1) is 13.9. The van der Waals surface area contributed by atoms with Crippen LogP contribution in [0.3, 0.4) is 0 Å². The molecule has 28 heavy (non-hydrogen) atoms. The van der Waals surface area contributed by atoms with E-state index in [1.165, 1.54) is 154 Å². The lowest BCUT2D eigenvalue weighted by atomic mass is 10.0. The van der Waals surface area contributed by atoms with Crippen LogP contribution in [0.25, 0.3) is 0 Å². The maximum atomic E-state index is 3.91. The third kappa shape index (κ3) is 26.0. The molecule has 0 aromatic heterocycles. The minimum atomic E-state index is 1.12. The molecule has 168 valence electrons. The summed E-state index contributed by atoms with van der Waals surface area (Å²) in [5, 5.41) is 0. The average Bonchev–Trinajstić information content (AvgIpc) is 2.71. The van der Waals surface area contributed by atoms with Crippen LogP contribution in [0.15, 0.2) is 0 Å². The molecule has 0 aliphatic carbocycles. The largest absolute Gasteiger partial charge is 0.0533 e. The van der Waals surface area contributed by atoms with Crippen molar-refractivity contribution in [2.45, 2.75) is 167 Å². The van der Waals surface area contributed by atoms with Crippen molar-refractivity contribution in [1.82, 2.24) is 0 Å². The normalized spacial score (nSPS) is 11.4. The van der Waals surface area contributed by atoms with Crippen LogP contribution in [0, 0.1) is 13.8 Å². The van der Waals surface area contributed by atoms with Crippen LogP contribution in [0.2, 0.25) is 0 Å². The molecule has 0 atom stereocenters. The van der Waals surface area contributed by atoms with Gasteiger partial charge < -0.3 is 0 Å². The monoisotopic (exact) mass is 392 g/mol. The third-order valence-corrected chi connectivity index (χ3v) is 6.25. The van der Waals surface area contributed by atoms with Crippen LogP contribution < -0.4 is 0 Å². The predicted octanol–water partition coefficient (Wildman–Crippen LogP) is 10.8. The topological polar surface area (TPSA) is 0 Å². The number of hydrogen-bond acceptors (Lipinski definition) is 0. The van der Waals surface area contributed by atoms with E-state index in [9.17, 15) is 0 Å². The minimum absolute atomic E-state index is 1.12. The standard InChI is InChI=1S/C28H56/c1-3-5-7-9-11-13-15-17-19-21-23-25-27-28-26-24-22-20-18-16-14-12-10-8-6-4-2/h1-28H2. The smallest absolute Gasteiger partial charge is 0.0533 e. The predicted molar refractivity (Wildman–Crippen MR) is 131 cm³/mol. The summed E-state index contributed by atoms with van der Waals surface area (Å²) >= 11 is 0. The van der Waals surface area contributed by atoms with Gasteiger partial charge in [-0.25, -0.2) is 0 Å². The van der Waals surface area contributed by atoms with Crippen molar-refractivity contribution in [3.8, 4) is 0 Å². The number of rotatable bonds is 25. The first-order valence-electron chi connectivity index (χ1n) is 13.5. The third-order valence-electron chi connectivity index (χ3n) is 6.25. The summed E-state index contributed by atoms with van der Waals surface area (Å²) in [6, 6.07) is 0. The molecular weight excluding hydrogens is 336 g/mol. The van der Waals surface area contributed by atoms with E-state index in [2.05, 4.69) is 13.8 Å². The molecule has 0 amide bonds. The van der Waals surface area contributed by atoms with E-state index >= 15 is 0 Å². The molecular formula is C28H56. The quantitative estimate of drug-likeness (QED) is 0.135. The molecule has 0 aliphatic rings. The maximum absolute atomic E-state index is 3.91. The average molecular weight is 393 g/mol. The molecule has 0 fully saturated rings. The van der Waals surface area contributed by atoms with Crippen LogP contribution in [0.1, 0.15) is 167 Å². The molecule has 0 nitrogen and oxygen atoms in total. The molecule has 0 aromatic carbocycles. The van der Waals surface area contributed by atoms with Gasteiger partial charge in [0.1, 0.15) is 0 Å². The summed E-state index contributed by atoms with van der Waals surface area (Å²) in [5.41, 5.74) is 0. The molecule has 0 unspecified atom stereocenters. The zero-order chi connectivity index (χ0) is 20.4. The van der Waals surface area contributed by atoms with Crippen molar-refractivity contribution in [2.24, 2.45) is 0 Å². The lowest BCUT2D eigenvalue weighted by Gasteiger charge is -2.04. The molecule has 0 saturated carbocycles. The lowest BCUT2D eigenvalue weighted by Crippen LogP contribution is -1.84. The highest BCUT2D eigenvalue weighted by Crippen LogP contribution is 2.15. The maximum Gasteiger partial charge on any atom is -0.0533 e. The van der Waals surface area contributed by atoms with Crippen molar-refractivity contribution < 1.29 is 0 Å². The van der Waals surface area contributed by atoms with Crippen LogP contribution in [0.4, 0.5) is 0 Å². The first-order valence-corrected chi connectivity index (χ1v) is 13.5. The molecule has 2 radical (unpaired) electrons. The number of unbranched alkanes of at least 4 members (excludes halogenated alkanes) is 25. The zero-order valence-corrected chi connectivity index (χ0v) is 19.8. The van der Waals surface area contributed by atoms with E-state index in [1.807, 2.05) is 0 Å². The zero-order valence-electron chi connectivity index (χ0n) is 19.8. The van der Waals surface area contributed by atoms with Gasteiger partial charge in [0.15, 0.2) is 0 Å².